The number of hydrogen-bond acceptors (Lipinski definition) is 6. The van der Waals surface area contributed by atoms with Gasteiger partial charge in [-0.05, 0) is 6.92 Å². The van der Waals surface area contributed by atoms with Crippen LogP contribution in [-0.4, -0.2) is 47.3 Å². The lowest BCUT2D eigenvalue weighted by atomic mass is 10.3. The Hall–Kier alpha value is -1.60. The molecule has 7 heteroatoms. The molecule has 17 heavy (non-hydrogen) atoms. The van der Waals surface area contributed by atoms with Crippen molar-refractivity contribution in [1.82, 2.24) is 9.78 Å². The van der Waals surface area contributed by atoms with Gasteiger partial charge in [0.05, 0.1) is 31.2 Å². The second-order valence-electron chi connectivity index (χ2n) is 3.44. The van der Waals surface area contributed by atoms with Gasteiger partial charge in [-0.1, -0.05) is 0 Å². The minimum atomic E-state index is -0.529. The van der Waals surface area contributed by atoms with Crippen molar-refractivity contribution in [2.75, 3.05) is 32.2 Å². The molecule has 0 aliphatic rings. The van der Waals surface area contributed by atoms with E-state index in [1.165, 1.54) is 4.68 Å². The zero-order valence-corrected chi connectivity index (χ0v) is 9.97. The van der Waals surface area contributed by atoms with Crippen molar-refractivity contribution in [2.24, 2.45) is 7.05 Å². The number of carbonyl (C=O) groups excluding carboxylic acids is 1. The van der Waals surface area contributed by atoms with E-state index in [1.807, 2.05) is 0 Å². The summed E-state index contributed by atoms with van der Waals surface area (Å²) in [7, 11) is 1.63. The fourth-order valence-electron chi connectivity index (χ4n) is 1.34. The maximum Gasteiger partial charge on any atom is 0.358 e. The van der Waals surface area contributed by atoms with Crippen molar-refractivity contribution in [2.45, 2.75) is 6.92 Å². The Morgan fingerprint density at radius 1 is 1.47 bits per heavy atom. The number of esters is 1. The summed E-state index contributed by atoms with van der Waals surface area (Å²) in [5, 5.41) is 12.5. The summed E-state index contributed by atoms with van der Waals surface area (Å²) in [4.78, 5) is 11.7. The maximum absolute atomic E-state index is 11.7. The number of anilines is 1. The van der Waals surface area contributed by atoms with Crippen molar-refractivity contribution < 1.29 is 19.4 Å². The zero-order valence-electron chi connectivity index (χ0n) is 9.97. The minimum absolute atomic E-state index is 0.0538. The molecule has 0 saturated carbocycles. The van der Waals surface area contributed by atoms with E-state index >= 15 is 0 Å². The van der Waals surface area contributed by atoms with Crippen molar-refractivity contribution in [3.05, 3.63) is 11.4 Å². The molecule has 0 aliphatic carbocycles. The van der Waals surface area contributed by atoms with Gasteiger partial charge < -0.3 is 20.3 Å². The fourth-order valence-corrected chi connectivity index (χ4v) is 1.34. The van der Waals surface area contributed by atoms with Crippen LogP contribution in [0.3, 0.4) is 0 Å². The van der Waals surface area contributed by atoms with E-state index in [0.717, 1.165) is 0 Å². The summed E-state index contributed by atoms with van der Waals surface area (Å²) < 4.78 is 11.3. The van der Waals surface area contributed by atoms with Crippen LogP contribution >= 0.6 is 0 Å². The largest absolute Gasteiger partial charge is 0.458 e. The number of aliphatic hydroxyl groups is 1. The molecule has 1 aromatic rings. The lowest BCUT2D eigenvalue weighted by molar-refractivity contribution is 0.0250. The number of aliphatic hydroxyl groups excluding tert-OH is 1. The normalized spacial score (nSPS) is 10.5. The van der Waals surface area contributed by atoms with E-state index in [2.05, 4.69) is 5.10 Å². The minimum Gasteiger partial charge on any atom is -0.458 e. The van der Waals surface area contributed by atoms with Crippen LogP contribution in [-0.2, 0) is 16.5 Å². The molecule has 1 heterocycles. The molecule has 0 bridgehead atoms. The van der Waals surface area contributed by atoms with Gasteiger partial charge in [-0.25, -0.2) is 4.79 Å². The highest BCUT2D eigenvalue weighted by Crippen LogP contribution is 2.15. The average molecular weight is 243 g/mol. The van der Waals surface area contributed by atoms with Gasteiger partial charge >= 0.3 is 5.97 Å². The number of nitrogen functional groups attached to an aromatic ring is 1. The second kappa shape index (κ2) is 6.21. The summed E-state index contributed by atoms with van der Waals surface area (Å²) >= 11 is 0. The van der Waals surface area contributed by atoms with E-state index in [1.54, 1.807) is 14.0 Å². The fraction of sp³-hybridized carbons (Fsp3) is 0.600. The van der Waals surface area contributed by atoms with Crippen molar-refractivity contribution >= 4 is 11.7 Å². The molecule has 96 valence electrons. The van der Waals surface area contributed by atoms with Gasteiger partial charge in [0.2, 0.25) is 0 Å². The molecule has 1 rings (SSSR count). The third kappa shape index (κ3) is 3.43. The van der Waals surface area contributed by atoms with Gasteiger partial charge in [-0.2, -0.15) is 5.10 Å². The Morgan fingerprint density at radius 2 is 2.18 bits per heavy atom. The van der Waals surface area contributed by atoms with Crippen LogP contribution in [0, 0.1) is 6.92 Å². The van der Waals surface area contributed by atoms with E-state index in [9.17, 15) is 4.79 Å². The SMILES string of the molecule is Cc1nn(C)c(C(=O)OCCOCCO)c1N. The highest BCUT2D eigenvalue weighted by atomic mass is 16.6. The maximum atomic E-state index is 11.7. The Balaban J connectivity index is 2.47. The first-order valence-electron chi connectivity index (χ1n) is 5.22. The molecule has 0 unspecified atom stereocenters. The van der Waals surface area contributed by atoms with Crippen molar-refractivity contribution in [3.8, 4) is 0 Å². The average Bonchev–Trinajstić information content (AvgIpc) is 2.53. The number of nitrogens with two attached hydrogens (primary N) is 1. The first-order valence-corrected chi connectivity index (χ1v) is 5.22. The predicted molar refractivity (Wildman–Crippen MR) is 60.5 cm³/mol. The summed E-state index contributed by atoms with van der Waals surface area (Å²) in [6.07, 6.45) is 0. The van der Waals surface area contributed by atoms with E-state index < -0.39 is 5.97 Å². The Kier molecular flexibility index (Phi) is 4.92. The molecule has 7 nitrogen and oxygen atoms in total. The third-order valence-electron chi connectivity index (χ3n) is 2.16. The number of aromatic nitrogens is 2. The van der Waals surface area contributed by atoms with Crippen molar-refractivity contribution in [1.29, 1.82) is 0 Å². The van der Waals surface area contributed by atoms with Crippen LogP contribution in [0.4, 0.5) is 5.69 Å². The van der Waals surface area contributed by atoms with Gasteiger partial charge in [0.15, 0.2) is 5.69 Å². The molecular weight excluding hydrogens is 226 g/mol. The van der Waals surface area contributed by atoms with E-state index in [-0.39, 0.29) is 32.1 Å². The molecule has 0 atom stereocenters. The Labute approximate surface area is 99.1 Å². The molecule has 3 N–H and O–H groups in total. The molecule has 0 aliphatic heterocycles. The topological polar surface area (TPSA) is 99.6 Å². The number of nitrogens with zero attached hydrogens (tertiary/aromatic N) is 2. The van der Waals surface area contributed by atoms with Crippen LogP contribution in [0.1, 0.15) is 16.2 Å². The van der Waals surface area contributed by atoms with E-state index in [0.29, 0.717) is 11.4 Å². The Morgan fingerprint density at radius 3 is 2.71 bits per heavy atom. The highest BCUT2D eigenvalue weighted by Gasteiger charge is 2.18. The van der Waals surface area contributed by atoms with Crippen LogP contribution < -0.4 is 5.73 Å². The molecular formula is C10H17N3O4. The zero-order chi connectivity index (χ0) is 12.8. The summed E-state index contributed by atoms with van der Waals surface area (Å²) in [6, 6.07) is 0. The number of hydrogen-bond donors (Lipinski definition) is 2. The monoisotopic (exact) mass is 243 g/mol. The van der Waals surface area contributed by atoms with Crippen LogP contribution in [0.15, 0.2) is 0 Å². The molecule has 0 saturated heterocycles. The quantitative estimate of drug-likeness (QED) is 0.515. The van der Waals surface area contributed by atoms with Gasteiger partial charge in [0, 0.05) is 7.05 Å². The molecule has 0 amide bonds. The van der Waals surface area contributed by atoms with E-state index in [4.69, 9.17) is 20.3 Å². The van der Waals surface area contributed by atoms with Crippen LogP contribution in [0.25, 0.3) is 0 Å². The number of ether oxygens (including phenoxy) is 2. The molecule has 0 fully saturated rings. The summed E-state index contributed by atoms with van der Waals surface area (Å²) in [5.41, 5.74) is 6.87. The molecule has 0 spiro atoms. The van der Waals surface area contributed by atoms with Gasteiger partial charge in [-0.15, -0.1) is 0 Å². The van der Waals surface area contributed by atoms with Gasteiger partial charge in [0.1, 0.15) is 6.61 Å². The molecule has 0 aromatic carbocycles. The predicted octanol–water partition coefficient (Wildman–Crippen LogP) is -0.524. The van der Waals surface area contributed by atoms with Gasteiger partial charge in [-0.3, -0.25) is 4.68 Å². The number of aryl methyl sites for hydroxylation is 2. The number of rotatable bonds is 6. The smallest absolute Gasteiger partial charge is 0.358 e. The second-order valence-corrected chi connectivity index (χ2v) is 3.44. The standard InChI is InChI=1S/C10H17N3O4/c1-7-8(11)9(13(2)12-7)10(15)17-6-5-16-4-3-14/h14H,3-6,11H2,1-2H3. The lowest BCUT2D eigenvalue weighted by Gasteiger charge is -2.06. The summed E-state index contributed by atoms with van der Waals surface area (Å²) in [5.74, 6) is -0.529. The lowest BCUT2D eigenvalue weighted by Crippen LogP contribution is -2.16. The van der Waals surface area contributed by atoms with Crippen molar-refractivity contribution in [3.63, 3.8) is 0 Å². The van der Waals surface area contributed by atoms with Gasteiger partial charge in [0.25, 0.3) is 0 Å². The Bertz CT molecular complexity index is 389. The first kappa shape index (κ1) is 13.5. The molecule has 0 radical (unpaired) electrons. The van der Waals surface area contributed by atoms with Crippen LogP contribution in [0.5, 0.6) is 0 Å². The van der Waals surface area contributed by atoms with Crippen LogP contribution in [0.2, 0.25) is 0 Å². The third-order valence-corrected chi connectivity index (χ3v) is 2.16. The molecule has 1 aromatic heterocycles. The number of carbonyl (C=O) groups is 1. The first-order chi connectivity index (χ1) is 8.07. The summed E-state index contributed by atoms with van der Waals surface area (Å²) in [6.45, 7) is 2.24. The highest BCUT2D eigenvalue weighted by molar-refractivity contribution is 5.93.